The zero-order valence-corrected chi connectivity index (χ0v) is 12.6. The zero-order valence-electron chi connectivity index (χ0n) is 10.3. The maximum atomic E-state index is 5.65. The van der Waals surface area contributed by atoms with Gasteiger partial charge in [-0.05, 0) is 19.9 Å². The Morgan fingerprint density at radius 2 is 2.06 bits per heavy atom. The van der Waals surface area contributed by atoms with Gasteiger partial charge in [0.25, 0.3) is 0 Å². The van der Waals surface area contributed by atoms with Crippen LogP contribution < -0.4 is 15.8 Å². The number of nitrogens with zero attached hydrogens (tertiary/aromatic N) is 1. The van der Waals surface area contributed by atoms with E-state index in [-0.39, 0.29) is 24.0 Å². The van der Waals surface area contributed by atoms with Crippen LogP contribution in [0.2, 0.25) is 0 Å². The van der Waals surface area contributed by atoms with Crippen LogP contribution in [0, 0.1) is 0 Å². The molecule has 0 amide bonds. The minimum absolute atomic E-state index is 0. The Morgan fingerprint density at radius 1 is 1.35 bits per heavy atom. The van der Waals surface area contributed by atoms with Crippen molar-refractivity contribution < 1.29 is 4.74 Å². The van der Waals surface area contributed by atoms with Crippen LogP contribution in [0.4, 0.5) is 0 Å². The van der Waals surface area contributed by atoms with Crippen molar-refractivity contribution in [2.75, 3.05) is 13.2 Å². The Hall–Kier alpha value is -0.980. The van der Waals surface area contributed by atoms with Crippen LogP contribution in [0.3, 0.4) is 0 Å². The van der Waals surface area contributed by atoms with Gasteiger partial charge in [-0.2, -0.15) is 0 Å². The third-order valence-corrected chi connectivity index (χ3v) is 2.05. The van der Waals surface area contributed by atoms with Gasteiger partial charge in [-0.3, -0.25) is 0 Å². The molecule has 0 bridgehead atoms. The first-order valence-corrected chi connectivity index (χ1v) is 5.52. The zero-order chi connectivity index (χ0) is 11.8. The minimum atomic E-state index is 0. The highest BCUT2D eigenvalue weighted by Gasteiger charge is 2.01. The van der Waals surface area contributed by atoms with Crippen molar-refractivity contribution in [1.82, 2.24) is 5.32 Å². The summed E-state index contributed by atoms with van der Waals surface area (Å²) in [5.74, 6) is 1.34. The van der Waals surface area contributed by atoms with Crippen LogP contribution in [0.1, 0.15) is 19.4 Å². The summed E-state index contributed by atoms with van der Waals surface area (Å²) in [6.45, 7) is 5.92. The standard InChI is InChI=1S/C12H19N3O.HI/c1-3-14-12(13)15-9-10-7-5-6-8-11(10)16-4-2;/h5-8H,3-4,9H2,1-2H3,(H3,13,14,15);1H. The molecule has 4 nitrogen and oxygen atoms in total. The molecule has 1 aromatic rings. The third-order valence-electron chi connectivity index (χ3n) is 2.05. The number of hydrogen-bond donors (Lipinski definition) is 2. The molecule has 0 atom stereocenters. The van der Waals surface area contributed by atoms with Crippen molar-refractivity contribution in [3.05, 3.63) is 29.8 Å². The lowest BCUT2D eigenvalue weighted by atomic mass is 10.2. The van der Waals surface area contributed by atoms with Gasteiger partial charge in [0.2, 0.25) is 0 Å². The summed E-state index contributed by atoms with van der Waals surface area (Å²) in [7, 11) is 0. The van der Waals surface area contributed by atoms with Gasteiger partial charge in [0.1, 0.15) is 5.75 Å². The molecule has 17 heavy (non-hydrogen) atoms. The fraction of sp³-hybridized carbons (Fsp3) is 0.417. The summed E-state index contributed by atoms with van der Waals surface area (Å²) in [6, 6.07) is 7.86. The van der Waals surface area contributed by atoms with E-state index < -0.39 is 0 Å². The Morgan fingerprint density at radius 3 is 2.71 bits per heavy atom. The summed E-state index contributed by atoms with van der Waals surface area (Å²) in [5.41, 5.74) is 6.70. The van der Waals surface area contributed by atoms with Gasteiger partial charge >= 0.3 is 0 Å². The van der Waals surface area contributed by atoms with Crippen LogP contribution in [-0.2, 0) is 6.54 Å². The first-order chi connectivity index (χ1) is 7.77. The van der Waals surface area contributed by atoms with Crippen LogP contribution in [-0.4, -0.2) is 19.1 Å². The highest BCUT2D eigenvalue weighted by Crippen LogP contribution is 2.18. The molecule has 0 spiro atoms. The summed E-state index contributed by atoms with van der Waals surface area (Å²) >= 11 is 0. The quantitative estimate of drug-likeness (QED) is 0.486. The van der Waals surface area contributed by atoms with Gasteiger partial charge in [-0.25, -0.2) is 4.99 Å². The van der Waals surface area contributed by atoms with Crippen LogP contribution in [0.15, 0.2) is 29.3 Å². The number of rotatable bonds is 5. The summed E-state index contributed by atoms with van der Waals surface area (Å²) in [5, 5.41) is 2.95. The second kappa shape index (κ2) is 9.09. The first-order valence-electron chi connectivity index (χ1n) is 5.52. The second-order valence-corrected chi connectivity index (χ2v) is 3.27. The van der Waals surface area contributed by atoms with E-state index in [1.54, 1.807) is 0 Å². The fourth-order valence-corrected chi connectivity index (χ4v) is 1.34. The lowest BCUT2D eigenvalue weighted by Gasteiger charge is -2.08. The Labute approximate surface area is 120 Å². The van der Waals surface area contributed by atoms with E-state index in [1.807, 2.05) is 38.1 Å². The topological polar surface area (TPSA) is 59.6 Å². The molecule has 0 aliphatic rings. The maximum Gasteiger partial charge on any atom is 0.188 e. The van der Waals surface area contributed by atoms with Gasteiger partial charge in [0.05, 0.1) is 13.2 Å². The number of halogens is 1. The SMILES string of the molecule is CCNC(N)=NCc1ccccc1OCC.I. The van der Waals surface area contributed by atoms with Crippen LogP contribution in [0.25, 0.3) is 0 Å². The third kappa shape index (κ3) is 5.76. The van der Waals surface area contributed by atoms with Crippen molar-refractivity contribution in [3.63, 3.8) is 0 Å². The number of para-hydroxylation sites is 1. The molecule has 0 saturated heterocycles. The van der Waals surface area contributed by atoms with E-state index in [0.29, 0.717) is 19.1 Å². The number of nitrogens with two attached hydrogens (primary N) is 1. The van der Waals surface area contributed by atoms with Crippen LogP contribution >= 0.6 is 24.0 Å². The summed E-state index contributed by atoms with van der Waals surface area (Å²) in [6.07, 6.45) is 0. The number of benzene rings is 1. The number of aliphatic imine (C=N–C) groups is 1. The van der Waals surface area contributed by atoms with Gasteiger partial charge in [0.15, 0.2) is 5.96 Å². The monoisotopic (exact) mass is 349 g/mol. The molecule has 0 fully saturated rings. The lowest BCUT2D eigenvalue weighted by molar-refractivity contribution is 0.336. The van der Waals surface area contributed by atoms with E-state index in [1.165, 1.54) is 0 Å². The van der Waals surface area contributed by atoms with E-state index in [9.17, 15) is 0 Å². The van der Waals surface area contributed by atoms with Crippen molar-refractivity contribution in [2.45, 2.75) is 20.4 Å². The van der Waals surface area contributed by atoms with Crippen molar-refractivity contribution in [1.29, 1.82) is 0 Å². The maximum absolute atomic E-state index is 5.65. The van der Waals surface area contributed by atoms with Crippen molar-refractivity contribution in [3.8, 4) is 5.75 Å². The molecule has 0 heterocycles. The van der Waals surface area contributed by atoms with E-state index >= 15 is 0 Å². The summed E-state index contributed by atoms with van der Waals surface area (Å²) < 4.78 is 5.50. The van der Waals surface area contributed by atoms with Crippen LogP contribution in [0.5, 0.6) is 5.75 Å². The smallest absolute Gasteiger partial charge is 0.188 e. The molecule has 0 aromatic heterocycles. The van der Waals surface area contributed by atoms with Crippen molar-refractivity contribution >= 4 is 29.9 Å². The predicted octanol–water partition coefficient (Wildman–Crippen LogP) is 2.13. The van der Waals surface area contributed by atoms with Gasteiger partial charge < -0.3 is 15.8 Å². The van der Waals surface area contributed by atoms with E-state index in [2.05, 4.69) is 10.3 Å². The van der Waals surface area contributed by atoms with E-state index in [0.717, 1.165) is 17.9 Å². The Kier molecular flexibility index (Phi) is 8.57. The predicted molar refractivity (Wildman–Crippen MR) is 82.0 cm³/mol. The first kappa shape index (κ1) is 16.0. The average Bonchev–Trinajstić information content (AvgIpc) is 2.29. The number of guanidine groups is 1. The highest BCUT2D eigenvalue weighted by atomic mass is 127. The molecule has 1 rings (SSSR count). The molecule has 0 unspecified atom stereocenters. The molecule has 1 aromatic carbocycles. The highest BCUT2D eigenvalue weighted by molar-refractivity contribution is 14.0. The lowest BCUT2D eigenvalue weighted by Crippen LogP contribution is -2.31. The van der Waals surface area contributed by atoms with Gasteiger partial charge in [-0.15, -0.1) is 24.0 Å². The fourth-order valence-electron chi connectivity index (χ4n) is 1.34. The number of ether oxygens (including phenoxy) is 1. The largest absolute Gasteiger partial charge is 0.494 e. The molecule has 96 valence electrons. The Balaban J connectivity index is 0.00000256. The average molecular weight is 349 g/mol. The molecule has 0 aliphatic carbocycles. The normalized spacial score (nSPS) is 10.6. The number of hydrogen-bond acceptors (Lipinski definition) is 2. The molecule has 0 saturated carbocycles. The second-order valence-electron chi connectivity index (χ2n) is 3.27. The molecular formula is C12H20IN3O. The molecule has 0 aliphatic heterocycles. The molecule has 3 N–H and O–H groups in total. The number of nitrogens with one attached hydrogen (secondary N) is 1. The van der Waals surface area contributed by atoms with Gasteiger partial charge in [0, 0.05) is 12.1 Å². The van der Waals surface area contributed by atoms with Crippen molar-refractivity contribution in [2.24, 2.45) is 10.7 Å². The molecule has 5 heteroatoms. The molecular weight excluding hydrogens is 329 g/mol. The molecule has 0 radical (unpaired) electrons. The summed E-state index contributed by atoms with van der Waals surface area (Å²) in [4.78, 5) is 4.23. The van der Waals surface area contributed by atoms with E-state index in [4.69, 9.17) is 10.5 Å². The Bertz CT molecular complexity index is 355. The van der Waals surface area contributed by atoms with Gasteiger partial charge in [-0.1, -0.05) is 18.2 Å². The minimum Gasteiger partial charge on any atom is -0.494 e.